The van der Waals surface area contributed by atoms with Crippen LogP contribution in [0.15, 0.2) is 12.1 Å². The van der Waals surface area contributed by atoms with Crippen LogP contribution in [0.2, 0.25) is 5.02 Å². The number of anilines is 2. The molecule has 1 heterocycles. The standard InChI is InChI=1S/C15H19ClN2O/c1-9-4-2-3-5-12(9)17-14-6-10-7-15(19)18-13(10)8-11(14)16/h6,8-9,12,17H,2-5,7H2,1H3,(H,18,19). The fourth-order valence-corrected chi connectivity index (χ4v) is 3.31. The minimum atomic E-state index is 0.0502. The highest BCUT2D eigenvalue weighted by Gasteiger charge is 2.24. The maximum atomic E-state index is 11.4. The molecule has 1 aromatic carbocycles. The van der Waals surface area contributed by atoms with E-state index < -0.39 is 0 Å². The van der Waals surface area contributed by atoms with E-state index in [9.17, 15) is 4.79 Å². The van der Waals surface area contributed by atoms with Crippen LogP contribution < -0.4 is 10.6 Å². The van der Waals surface area contributed by atoms with Crippen LogP contribution in [0.25, 0.3) is 0 Å². The van der Waals surface area contributed by atoms with Gasteiger partial charge in [-0.05, 0) is 36.5 Å². The summed E-state index contributed by atoms with van der Waals surface area (Å²) >= 11 is 6.31. The van der Waals surface area contributed by atoms with E-state index >= 15 is 0 Å². The SMILES string of the molecule is CC1CCCCC1Nc1cc2c(cc1Cl)NC(=O)C2. The van der Waals surface area contributed by atoms with Crippen LogP contribution in [0.1, 0.15) is 38.2 Å². The normalized spacial score (nSPS) is 25.9. The Hall–Kier alpha value is -1.22. The van der Waals surface area contributed by atoms with Gasteiger partial charge in [0, 0.05) is 11.7 Å². The Morgan fingerprint density at radius 2 is 2.11 bits per heavy atom. The van der Waals surface area contributed by atoms with Crippen molar-refractivity contribution in [3.63, 3.8) is 0 Å². The summed E-state index contributed by atoms with van der Waals surface area (Å²) in [7, 11) is 0. The van der Waals surface area contributed by atoms with Gasteiger partial charge in [-0.1, -0.05) is 31.4 Å². The first-order valence-electron chi connectivity index (χ1n) is 7.02. The highest BCUT2D eigenvalue weighted by atomic mass is 35.5. The molecule has 0 saturated heterocycles. The monoisotopic (exact) mass is 278 g/mol. The Balaban J connectivity index is 1.81. The van der Waals surface area contributed by atoms with Gasteiger partial charge >= 0.3 is 0 Å². The van der Waals surface area contributed by atoms with Gasteiger partial charge in [-0.15, -0.1) is 0 Å². The van der Waals surface area contributed by atoms with Crippen molar-refractivity contribution in [1.29, 1.82) is 0 Å². The average Bonchev–Trinajstić information content (AvgIpc) is 2.71. The van der Waals surface area contributed by atoms with Gasteiger partial charge in [0.25, 0.3) is 0 Å². The second-order valence-electron chi connectivity index (χ2n) is 5.73. The molecular weight excluding hydrogens is 260 g/mol. The molecule has 0 bridgehead atoms. The summed E-state index contributed by atoms with van der Waals surface area (Å²) in [5.41, 5.74) is 2.87. The minimum absolute atomic E-state index is 0.0502. The predicted molar refractivity (Wildman–Crippen MR) is 78.8 cm³/mol. The number of nitrogens with one attached hydrogen (secondary N) is 2. The summed E-state index contributed by atoms with van der Waals surface area (Å²) in [6.45, 7) is 2.29. The van der Waals surface area contributed by atoms with Crippen LogP contribution in [0.5, 0.6) is 0 Å². The van der Waals surface area contributed by atoms with E-state index in [1.807, 2.05) is 12.1 Å². The van der Waals surface area contributed by atoms with Gasteiger partial charge in [0.15, 0.2) is 0 Å². The van der Waals surface area contributed by atoms with Crippen molar-refractivity contribution in [2.75, 3.05) is 10.6 Å². The molecule has 102 valence electrons. The topological polar surface area (TPSA) is 41.1 Å². The van der Waals surface area contributed by atoms with Gasteiger partial charge < -0.3 is 10.6 Å². The molecule has 3 nitrogen and oxygen atoms in total. The van der Waals surface area contributed by atoms with E-state index in [1.165, 1.54) is 25.7 Å². The fourth-order valence-electron chi connectivity index (χ4n) is 3.09. The maximum absolute atomic E-state index is 11.4. The summed E-state index contributed by atoms with van der Waals surface area (Å²) in [4.78, 5) is 11.4. The Labute approximate surface area is 118 Å². The molecule has 1 amide bonds. The lowest BCUT2D eigenvalue weighted by Crippen LogP contribution is -2.30. The largest absolute Gasteiger partial charge is 0.381 e. The summed E-state index contributed by atoms with van der Waals surface area (Å²) in [5.74, 6) is 0.729. The predicted octanol–water partition coefficient (Wildman–Crippen LogP) is 3.83. The second kappa shape index (κ2) is 5.04. The Morgan fingerprint density at radius 1 is 1.32 bits per heavy atom. The Kier molecular flexibility index (Phi) is 3.40. The number of fused-ring (bicyclic) bond motifs is 1. The molecule has 0 spiro atoms. The number of halogens is 1. The van der Waals surface area contributed by atoms with E-state index in [0.717, 1.165) is 16.9 Å². The highest BCUT2D eigenvalue weighted by Crippen LogP contribution is 2.35. The van der Waals surface area contributed by atoms with Crippen LogP contribution in [0, 0.1) is 5.92 Å². The van der Waals surface area contributed by atoms with Gasteiger partial charge in [0.1, 0.15) is 0 Å². The smallest absolute Gasteiger partial charge is 0.228 e. The summed E-state index contributed by atoms with van der Waals surface area (Å²) in [5, 5.41) is 7.09. The first kappa shape index (κ1) is 12.8. The molecule has 1 aromatic rings. The molecule has 2 atom stereocenters. The maximum Gasteiger partial charge on any atom is 0.228 e. The van der Waals surface area contributed by atoms with Crippen LogP contribution >= 0.6 is 11.6 Å². The van der Waals surface area contributed by atoms with Crippen molar-refractivity contribution in [3.05, 3.63) is 22.7 Å². The summed E-state index contributed by atoms with van der Waals surface area (Å²) in [6.07, 6.45) is 5.55. The van der Waals surface area contributed by atoms with Crippen molar-refractivity contribution < 1.29 is 4.79 Å². The van der Waals surface area contributed by atoms with Gasteiger partial charge in [0.2, 0.25) is 5.91 Å². The van der Waals surface area contributed by atoms with Crippen molar-refractivity contribution in [2.45, 2.75) is 45.1 Å². The molecule has 2 aliphatic rings. The third-order valence-corrected chi connectivity index (χ3v) is 4.58. The molecule has 4 heteroatoms. The molecule has 19 heavy (non-hydrogen) atoms. The number of carbonyl (C=O) groups excluding carboxylic acids is 1. The Bertz CT molecular complexity index is 515. The molecule has 2 unspecified atom stereocenters. The van der Waals surface area contributed by atoms with E-state index in [1.54, 1.807) is 0 Å². The lowest BCUT2D eigenvalue weighted by molar-refractivity contribution is -0.115. The lowest BCUT2D eigenvalue weighted by atomic mass is 9.86. The zero-order valence-electron chi connectivity index (χ0n) is 11.1. The second-order valence-corrected chi connectivity index (χ2v) is 6.13. The van der Waals surface area contributed by atoms with E-state index in [-0.39, 0.29) is 5.91 Å². The zero-order chi connectivity index (χ0) is 13.4. The number of amides is 1. The van der Waals surface area contributed by atoms with Gasteiger partial charge in [-0.2, -0.15) is 0 Å². The quantitative estimate of drug-likeness (QED) is 0.863. The average molecular weight is 279 g/mol. The first-order valence-corrected chi connectivity index (χ1v) is 7.40. The molecule has 1 saturated carbocycles. The van der Waals surface area contributed by atoms with Crippen molar-refractivity contribution in [1.82, 2.24) is 0 Å². The molecule has 0 aromatic heterocycles. The Morgan fingerprint density at radius 3 is 2.89 bits per heavy atom. The highest BCUT2D eigenvalue weighted by molar-refractivity contribution is 6.33. The molecule has 1 fully saturated rings. The van der Waals surface area contributed by atoms with Crippen molar-refractivity contribution >= 4 is 28.9 Å². The summed E-state index contributed by atoms with van der Waals surface area (Å²) < 4.78 is 0. The van der Waals surface area contributed by atoms with Crippen LogP contribution in [-0.2, 0) is 11.2 Å². The molecule has 0 radical (unpaired) electrons. The van der Waals surface area contributed by atoms with E-state index in [4.69, 9.17) is 11.6 Å². The third kappa shape index (κ3) is 2.57. The first-order chi connectivity index (χ1) is 9.13. The van der Waals surface area contributed by atoms with Gasteiger partial charge in [-0.3, -0.25) is 4.79 Å². The minimum Gasteiger partial charge on any atom is -0.381 e. The number of benzene rings is 1. The van der Waals surface area contributed by atoms with Crippen molar-refractivity contribution in [2.24, 2.45) is 5.92 Å². The van der Waals surface area contributed by atoms with Crippen LogP contribution in [0.3, 0.4) is 0 Å². The third-order valence-electron chi connectivity index (χ3n) is 4.27. The van der Waals surface area contributed by atoms with Gasteiger partial charge in [0.05, 0.1) is 17.1 Å². The summed E-state index contributed by atoms with van der Waals surface area (Å²) in [6, 6.07) is 4.38. The molecule has 1 aliphatic carbocycles. The number of rotatable bonds is 2. The van der Waals surface area contributed by atoms with Gasteiger partial charge in [-0.25, -0.2) is 0 Å². The van der Waals surface area contributed by atoms with Crippen LogP contribution in [0.4, 0.5) is 11.4 Å². The molecular formula is C15H19ClN2O. The van der Waals surface area contributed by atoms with Crippen LogP contribution in [-0.4, -0.2) is 11.9 Å². The van der Waals surface area contributed by atoms with E-state index in [2.05, 4.69) is 17.6 Å². The zero-order valence-corrected chi connectivity index (χ0v) is 11.9. The number of carbonyl (C=O) groups is 1. The number of hydrogen-bond donors (Lipinski definition) is 2. The van der Waals surface area contributed by atoms with E-state index in [0.29, 0.717) is 23.4 Å². The lowest BCUT2D eigenvalue weighted by Gasteiger charge is -2.30. The fraction of sp³-hybridized carbons (Fsp3) is 0.533. The van der Waals surface area contributed by atoms with Crippen molar-refractivity contribution in [3.8, 4) is 0 Å². The molecule has 3 rings (SSSR count). The number of hydrogen-bond acceptors (Lipinski definition) is 2. The molecule has 1 aliphatic heterocycles. The molecule has 2 N–H and O–H groups in total.